The van der Waals surface area contributed by atoms with Gasteiger partial charge in [0.05, 0.1) is 44.7 Å². The molecule has 0 bridgehead atoms. The Hall–Kier alpha value is -4.02. The molecule has 5 aromatic rings. The minimum atomic E-state index is -4.93. The third-order valence-electron chi connectivity index (χ3n) is 6.44. The quantitative estimate of drug-likeness (QED) is 0.0597. The standard InChI is InChI=1S/C28H24N10O7S2.2Na/c29-15-2-8-23(20(30)10-15)36-33-16-4-6-17(7-5-16)34-38-27-26(47(43,44)45)9-14-1-3-18(11-19(14)28(27)39)35-37-24-13-25(46(40,41)42)22(32)12-21(24)31;;/h1-13,39H,29-32H2,(H,40,41,42)(H,43,44,45);;/q;2*+1/p-2. The van der Waals surface area contributed by atoms with E-state index in [0.29, 0.717) is 22.7 Å². The van der Waals surface area contributed by atoms with E-state index in [0.717, 1.165) is 18.2 Å². The normalized spacial score (nSPS) is 12.0. The molecule has 5 aromatic carbocycles. The van der Waals surface area contributed by atoms with Gasteiger partial charge in [-0.3, -0.25) is 4.55 Å². The number of nitrogen functional groups attached to an aromatic ring is 4. The number of hydrogen-bond acceptors (Lipinski definition) is 16. The molecule has 5 rings (SSSR count). The summed E-state index contributed by atoms with van der Waals surface area (Å²) in [6.45, 7) is 0. The molecule has 0 atom stereocenters. The second-order valence-electron chi connectivity index (χ2n) is 9.77. The Labute approximate surface area is 323 Å². The second kappa shape index (κ2) is 15.7. The van der Waals surface area contributed by atoms with E-state index in [4.69, 9.17) is 22.9 Å². The molecule has 0 aliphatic carbocycles. The van der Waals surface area contributed by atoms with Gasteiger partial charge in [-0.15, -0.1) is 15.3 Å². The fraction of sp³-hybridized carbons (Fsp3) is 0. The summed E-state index contributed by atoms with van der Waals surface area (Å²) in [7, 11) is -9.85. The van der Waals surface area contributed by atoms with E-state index in [1.165, 1.54) is 42.5 Å². The molecule has 0 radical (unpaired) electrons. The number of nitrogens with zero attached hydrogens (tertiary/aromatic N) is 6. The Balaban J connectivity index is 0.00000325. The van der Waals surface area contributed by atoms with Crippen molar-refractivity contribution in [2.45, 2.75) is 9.79 Å². The summed E-state index contributed by atoms with van der Waals surface area (Å²) in [5.41, 5.74) is 23.6. The first kappa shape index (κ1) is 39.4. The number of anilines is 4. The maximum absolute atomic E-state index is 13.4. The molecular formula is C28H22N10Na2O7S2. The van der Waals surface area contributed by atoms with Crippen molar-refractivity contribution in [2.75, 3.05) is 22.9 Å². The van der Waals surface area contributed by atoms with Crippen molar-refractivity contribution in [3.8, 4) is 5.75 Å². The van der Waals surface area contributed by atoms with E-state index in [-0.39, 0.29) is 98.3 Å². The van der Waals surface area contributed by atoms with Gasteiger partial charge < -0.3 is 32.6 Å². The van der Waals surface area contributed by atoms with Crippen LogP contribution in [0.4, 0.5) is 56.9 Å². The Morgan fingerprint density at radius 1 is 0.571 bits per heavy atom. The van der Waals surface area contributed by atoms with E-state index in [1.54, 1.807) is 18.2 Å². The van der Waals surface area contributed by atoms with Crippen molar-refractivity contribution >= 4 is 87.9 Å². The van der Waals surface area contributed by atoms with E-state index in [9.17, 15) is 31.0 Å². The number of rotatable bonds is 8. The van der Waals surface area contributed by atoms with E-state index < -0.39 is 41.5 Å². The van der Waals surface area contributed by atoms with Gasteiger partial charge in [0.1, 0.15) is 26.4 Å². The van der Waals surface area contributed by atoms with Crippen LogP contribution in [0.1, 0.15) is 0 Å². The number of hydrogen-bond donors (Lipinski definition) is 5. The van der Waals surface area contributed by atoms with Crippen molar-refractivity contribution in [3.63, 3.8) is 0 Å². The summed E-state index contributed by atoms with van der Waals surface area (Å²) in [5.74, 6) is -0.908. The molecule has 0 aliphatic rings. The van der Waals surface area contributed by atoms with Crippen LogP contribution in [-0.4, -0.2) is 25.9 Å². The summed E-state index contributed by atoms with van der Waals surface area (Å²) in [6.07, 6.45) is 0. The smallest absolute Gasteiger partial charge is 0.871 e. The van der Waals surface area contributed by atoms with Gasteiger partial charge in [0.25, 0.3) is 10.1 Å². The van der Waals surface area contributed by atoms with Crippen LogP contribution in [0.5, 0.6) is 5.75 Å². The third-order valence-corrected chi connectivity index (χ3v) is 8.20. The minimum Gasteiger partial charge on any atom is -0.871 e. The molecule has 0 spiro atoms. The van der Waals surface area contributed by atoms with Gasteiger partial charge in [0, 0.05) is 5.69 Å². The molecular weight excluding hydrogens is 698 g/mol. The molecule has 21 heteroatoms. The molecule has 0 aromatic heterocycles. The van der Waals surface area contributed by atoms with Crippen LogP contribution in [0.2, 0.25) is 0 Å². The van der Waals surface area contributed by atoms with Crippen LogP contribution in [0, 0.1) is 0 Å². The molecule has 0 aliphatic heterocycles. The van der Waals surface area contributed by atoms with Crippen LogP contribution >= 0.6 is 0 Å². The summed E-state index contributed by atoms with van der Waals surface area (Å²) in [5, 5.41) is 37.2. The summed E-state index contributed by atoms with van der Waals surface area (Å²) < 4.78 is 68.6. The Bertz CT molecular complexity index is 2370. The number of azo groups is 3. The SMILES string of the molecule is Nc1ccc(N=Nc2ccc(N=Nc3c(S(=O)(=O)O)cc4ccc(N=Nc5cc(S(=O)(=O)[O-])c(N)cc5N)cc4c3[O-])cc2)c(N)c1.[Na+].[Na+]. The first-order valence-electron chi connectivity index (χ1n) is 13.0. The summed E-state index contributed by atoms with van der Waals surface area (Å²) in [4.78, 5) is -1.52. The summed E-state index contributed by atoms with van der Waals surface area (Å²) >= 11 is 0. The van der Waals surface area contributed by atoms with Crippen molar-refractivity contribution in [2.24, 2.45) is 30.7 Å². The van der Waals surface area contributed by atoms with Crippen molar-refractivity contribution in [1.29, 1.82) is 0 Å². The monoisotopic (exact) mass is 720 g/mol. The van der Waals surface area contributed by atoms with Gasteiger partial charge in [-0.05, 0) is 83.6 Å². The van der Waals surface area contributed by atoms with Crippen LogP contribution < -0.4 is 87.2 Å². The zero-order valence-corrected chi connectivity index (χ0v) is 31.3. The predicted molar refractivity (Wildman–Crippen MR) is 171 cm³/mol. The molecule has 0 unspecified atom stereocenters. The van der Waals surface area contributed by atoms with Crippen LogP contribution in [0.3, 0.4) is 0 Å². The van der Waals surface area contributed by atoms with Gasteiger partial charge in [-0.1, -0.05) is 11.8 Å². The maximum atomic E-state index is 13.4. The fourth-order valence-corrected chi connectivity index (χ4v) is 5.41. The molecule has 240 valence electrons. The molecule has 0 fully saturated rings. The van der Waals surface area contributed by atoms with Crippen molar-refractivity contribution in [3.05, 3.63) is 78.9 Å². The zero-order valence-electron chi connectivity index (χ0n) is 25.7. The van der Waals surface area contributed by atoms with Gasteiger partial charge in [-0.25, -0.2) is 8.42 Å². The first-order valence-corrected chi connectivity index (χ1v) is 15.9. The number of fused-ring (bicyclic) bond motifs is 1. The van der Waals surface area contributed by atoms with Gasteiger partial charge in [-0.2, -0.15) is 23.8 Å². The van der Waals surface area contributed by atoms with Gasteiger partial charge in [0.15, 0.2) is 0 Å². The van der Waals surface area contributed by atoms with Crippen molar-refractivity contribution < 1.29 is 90.2 Å². The van der Waals surface area contributed by atoms with E-state index >= 15 is 0 Å². The third kappa shape index (κ3) is 9.36. The molecule has 0 heterocycles. The largest absolute Gasteiger partial charge is 1.00 e. The average Bonchev–Trinajstić information content (AvgIpc) is 2.99. The summed E-state index contributed by atoms with van der Waals surface area (Å²) in [6, 6.07) is 17.7. The molecule has 17 nitrogen and oxygen atoms in total. The van der Waals surface area contributed by atoms with E-state index in [1.807, 2.05) is 0 Å². The molecule has 9 N–H and O–H groups in total. The van der Waals surface area contributed by atoms with Crippen LogP contribution in [-0.2, 0) is 20.2 Å². The van der Waals surface area contributed by atoms with Crippen LogP contribution in [0.15, 0.2) is 119 Å². The topological polar surface area (TPSA) is 313 Å². The van der Waals surface area contributed by atoms with Gasteiger partial charge in [0.2, 0.25) is 0 Å². The zero-order chi connectivity index (χ0) is 34.1. The number of nitrogens with two attached hydrogens (primary N) is 4. The molecule has 0 amide bonds. The maximum Gasteiger partial charge on any atom is 1.00 e. The van der Waals surface area contributed by atoms with Gasteiger partial charge >= 0.3 is 59.1 Å². The molecule has 0 saturated carbocycles. The van der Waals surface area contributed by atoms with E-state index in [2.05, 4.69) is 30.7 Å². The molecule has 49 heavy (non-hydrogen) atoms. The first-order chi connectivity index (χ1) is 22.1. The predicted octanol–water partition coefficient (Wildman–Crippen LogP) is -0.353. The minimum absolute atomic E-state index is 0. The Kier molecular flexibility index (Phi) is 12.6. The molecule has 0 saturated heterocycles. The fourth-order valence-electron chi connectivity index (χ4n) is 4.16. The van der Waals surface area contributed by atoms with Crippen molar-refractivity contribution in [1.82, 2.24) is 0 Å². The Morgan fingerprint density at radius 2 is 1.12 bits per heavy atom. The number of benzene rings is 5. The second-order valence-corrected chi connectivity index (χ2v) is 12.5. The average molecular weight is 721 g/mol. The van der Waals surface area contributed by atoms with Crippen LogP contribution in [0.25, 0.3) is 10.8 Å². The Morgan fingerprint density at radius 3 is 1.71 bits per heavy atom.